The van der Waals surface area contributed by atoms with Crippen molar-refractivity contribution in [3.05, 3.63) is 57.7 Å². The van der Waals surface area contributed by atoms with Gasteiger partial charge in [-0.3, -0.25) is 9.59 Å². The summed E-state index contributed by atoms with van der Waals surface area (Å²) in [5, 5.41) is 19.9. The SMILES string of the molecule is Cc1c(O)c(C=O)c2oc(-c3ccccc3)cc(=O)c2c1O. The van der Waals surface area contributed by atoms with Crippen LogP contribution in [0.25, 0.3) is 22.3 Å². The van der Waals surface area contributed by atoms with Crippen molar-refractivity contribution in [1.82, 2.24) is 0 Å². The van der Waals surface area contributed by atoms with Crippen LogP contribution in [-0.2, 0) is 0 Å². The van der Waals surface area contributed by atoms with Crippen LogP contribution in [0.3, 0.4) is 0 Å². The third kappa shape index (κ3) is 1.95. The topological polar surface area (TPSA) is 87.7 Å². The highest BCUT2D eigenvalue weighted by atomic mass is 16.3. The minimum atomic E-state index is -0.483. The normalized spacial score (nSPS) is 10.8. The Balaban J connectivity index is 2.47. The second-order valence-electron chi connectivity index (χ2n) is 4.90. The molecule has 0 radical (unpaired) electrons. The molecule has 0 saturated heterocycles. The minimum Gasteiger partial charge on any atom is -0.507 e. The molecule has 0 unspecified atom stereocenters. The fourth-order valence-corrected chi connectivity index (χ4v) is 2.37. The number of aromatic hydroxyl groups is 2. The molecule has 0 amide bonds. The van der Waals surface area contributed by atoms with Gasteiger partial charge in [-0.15, -0.1) is 0 Å². The van der Waals surface area contributed by atoms with E-state index in [0.29, 0.717) is 11.8 Å². The van der Waals surface area contributed by atoms with Crippen molar-refractivity contribution in [3.63, 3.8) is 0 Å². The summed E-state index contributed by atoms with van der Waals surface area (Å²) in [5.41, 5.74) is -0.0433. The Kier molecular flexibility index (Phi) is 3.18. The largest absolute Gasteiger partial charge is 0.507 e. The lowest BCUT2D eigenvalue weighted by atomic mass is 10.0. The summed E-state index contributed by atoms with van der Waals surface area (Å²) in [6.07, 6.45) is 0.405. The maximum absolute atomic E-state index is 12.3. The van der Waals surface area contributed by atoms with Gasteiger partial charge in [0, 0.05) is 17.2 Å². The van der Waals surface area contributed by atoms with Crippen LogP contribution in [0, 0.1) is 6.92 Å². The molecule has 0 spiro atoms. The molecular formula is C17H12O5. The summed E-state index contributed by atoms with van der Waals surface area (Å²) >= 11 is 0. The summed E-state index contributed by atoms with van der Waals surface area (Å²) in [5.74, 6) is -0.524. The van der Waals surface area contributed by atoms with E-state index in [2.05, 4.69) is 0 Å². The molecule has 5 heteroatoms. The summed E-state index contributed by atoms with van der Waals surface area (Å²) in [6.45, 7) is 1.42. The number of phenolic OH excluding ortho intramolecular Hbond substituents is 2. The number of fused-ring (bicyclic) bond motifs is 1. The zero-order valence-electron chi connectivity index (χ0n) is 11.7. The Morgan fingerprint density at radius 1 is 1.09 bits per heavy atom. The molecule has 0 aliphatic rings. The van der Waals surface area contributed by atoms with Gasteiger partial charge in [-0.05, 0) is 6.92 Å². The maximum atomic E-state index is 12.3. The standard InChI is InChI=1S/C17H12O5/c1-9-15(20)11(8-18)17-14(16(9)21)12(19)7-13(22-17)10-5-3-2-4-6-10/h2-8,20-21H,1H3. The quantitative estimate of drug-likeness (QED) is 0.710. The Morgan fingerprint density at radius 3 is 2.41 bits per heavy atom. The number of carbonyl (C=O) groups is 1. The Labute approximate surface area is 125 Å². The molecule has 0 fully saturated rings. The van der Waals surface area contributed by atoms with E-state index in [1.807, 2.05) is 6.07 Å². The highest BCUT2D eigenvalue weighted by Crippen LogP contribution is 2.37. The second kappa shape index (κ2) is 5.04. The molecule has 1 heterocycles. The Bertz CT molecular complexity index is 939. The second-order valence-corrected chi connectivity index (χ2v) is 4.90. The van der Waals surface area contributed by atoms with Crippen molar-refractivity contribution in [2.24, 2.45) is 0 Å². The zero-order valence-corrected chi connectivity index (χ0v) is 11.7. The van der Waals surface area contributed by atoms with Crippen molar-refractivity contribution in [1.29, 1.82) is 0 Å². The van der Waals surface area contributed by atoms with Crippen molar-refractivity contribution >= 4 is 17.3 Å². The van der Waals surface area contributed by atoms with Crippen molar-refractivity contribution < 1.29 is 19.4 Å². The molecule has 0 aliphatic carbocycles. The first-order valence-corrected chi connectivity index (χ1v) is 6.57. The molecule has 3 aromatic rings. The van der Waals surface area contributed by atoms with Crippen LogP contribution in [0.2, 0.25) is 0 Å². The highest BCUT2D eigenvalue weighted by molar-refractivity contribution is 6.01. The smallest absolute Gasteiger partial charge is 0.197 e. The average molecular weight is 296 g/mol. The number of hydrogen-bond acceptors (Lipinski definition) is 5. The van der Waals surface area contributed by atoms with Gasteiger partial charge in [0.15, 0.2) is 17.3 Å². The third-order valence-corrected chi connectivity index (χ3v) is 3.57. The molecule has 3 rings (SSSR count). The molecule has 2 aromatic carbocycles. The van der Waals surface area contributed by atoms with Gasteiger partial charge in [0.05, 0.1) is 0 Å². The number of phenols is 2. The van der Waals surface area contributed by atoms with Crippen molar-refractivity contribution in [2.75, 3.05) is 0 Å². The fourth-order valence-electron chi connectivity index (χ4n) is 2.37. The van der Waals surface area contributed by atoms with Crippen molar-refractivity contribution in [3.8, 4) is 22.8 Å². The minimum absolute atomic E-state index is 0.0642. The molecule has 0 aliphatic heterocycles. The Hall–Kier alpha value is -3.08. The monoisotopic (exact) mass is 296 g/mol. The third-order valence-electron chi connectivity index (χ3n) is 3.57. The van der Waals surface area contributed by atoms with E-state index < -0.39 is 11.2 Å². The molecule has 0 bridgehead atoms. The molecule has 2 N–H and O–H groups in total. The number of rotatable bonds is 2. The van der Waals surface area contributed by atoms with Gasteiger partial charge in [-0.25, -0.2) is 0 Å². The van der Waals surface area contributed by atoms with E-state index in [1.165, 1.54) is 13.0 Å². The predicted molar refractivity (Wildman–Crippen MR) is 81.4 cm³/mol. The molecule has 110 valence electrons. The van der Waals surface area contributed by atoms with E-state index in [4.69, 9.17) is 4.42 Å². The molecule has 22 heavy (non-hydrogen) atoms. The number of aldehydes is 1. The maximum Gasteiger partial charge on any atom is 0.197 e. The van der Waals surface area contributed by atoms with E-state index >= 15 is 0 Å². The molecule has 0 saturated carbocycles. The van der Waals surface area contributed by atoms with Crippen LogP contribution in [0.1, 0.15) is 15.9 Å². The lowest BCUT2D eigenvalue weighted by molar-refractivity contribution is 0.112. The van der Waals surface area contributed by atoms with Crippen molar-refractivity contribution in [2.45, 2.75) is 6.92 Å². The highest BCUT2D eigenvalue weighted by Gasteiger charge is 2.21. The van der Waals surface area contributed by atoms with Gasteiger partial charge < -0.3 is 14.6 Å². The first kappa shape index (κ1) is 13.9. The summed E-state index contributed by atoms with van der Waals surface area (Å²) < 4.78 is 5.62. The molecule has 1 aromatic heterocycles. The lowest BCUT2D eigenvalue weighted by Gasteiger charge is -2.10. The number of hydrogen-bond donors (Lipinski definition) is 2. The van der Waals surface area contributed by atoms with Gasteiger partial charge in [0.25, 0.3) is 0 Å². The van der Waals surface area contributed by atoms with Crippen LogP contribution < -0.4 is 5.43 Å². The number of benzene rings is 2. The first-order valence-electron chi connectivity index (χ1n) is 6.57. The first-order chi connectivity index (χ1) is 10.5. The van der Waals surface area contributed by atoms with Gasteiger partial charge in [0.2, 0.25) is 0 Å². The molecule has 5 nitrogen and oxygen atoms in total. The van der Waals surface area contributed by atoms with E-state index in [-0.39, 0.29) is 33.6 Å². The zero-order chi connectivity index (χ0) is 15.9. The van der Waals surface area contributed by atoms with Gasteiger partial charge in [-0.2, -0.15) is 0 Å². The Morgan fingerprint density at radius 2 is 1.77 bits per heavy atom. The number of carbonyl (C=O) groups excluding carboxylic acids is 1. The average Bonchev–Trinajstić information content (AvgIpc) is 2.53. The molecular weight excluding hydrogens is 284 g/mol. The predicted octanol–water partition coefficient (Wildman–Crippen LogP) is 2.99. The van der Waals surface area contributed by atoms with Crippen LogP contribution in [-0.4, -0.2) is 16.5 Å². The van der Waals surface area contributed by atoms with E-state index in [0.717, 1.165) is 0 Å². The van der Waals surface area contributed by atoms with Gasteiger partial charge in [0.1, 0.15) is 28.2 Å². The fraction of sp³-hybridized carbons (Fsp3) is 0.0588. The van der Waals surface area contributed by atoms with Gasteiger partial charge >= 0.3 is 0 Å². The van der Waals surface area contributed by atoms with Gasteiger partial charge in [-0.1, -0.05) is 30.3 Å². The summed E-state index contributed by atoms with van der Waals surface area (Å²) in [7, 11) is 0. The van der Waals surface area contributed by atoms with E-state index in [9.17, 15) is 19.8 Å². The van der Waals surface area contributed by atoms with E-state index in [1.54, 1.807) is 24.3 Å². The lowest BCUT2D eigenvalue weighted by Crippen LogP contribution is -2.04. The van der Waals surface area contributed by atoms with Crippen LogP contribution in [0.15, 0.2) is 45.6 Å². The molecule has 0 atom stereocenters. The van der Waals surface area contributed by atoms with Crippen LogP contribution >= 0.6 is 0 Å². The summed E-state index contributed by atoms with van der Waals surface area (Å²) in [6, 6.07) is 10.1. The summed E-state index contributed by atoms with van der Waals surface area (Å²) in [4.78, 5) is 23.6. The van der Waals surface area contributed by atoms with Crippen LogP contribution in [0.5, 0.6) is 11.5 Å². The van der Waals surface area contributed by atoms with Crippen LogP contribution in [0.4, 0.5) is 0 Å².